The van der Waals surface area contributed by atoms with Crippen LogP contribution in [0.4, 0.5) is 14.5 Å². The predicted octanol–water partition coefficient (Wildman–Crippen LogP) is 6.46. The molecule has 1 amide bonds. The molecule has 1 saturated heterocycles. The van der Waals surface area contributed by atoms with Crippen LogP contribution in [0.15, 0.2) is 47.9 Å². The molecular weight excluding hydrogens is 414 g/mol. The number of fused-ring (bicyclic) bond motifs is 2. The summed E-state index contributed by atoms with van der Waals surface area (Å²) in [5.74, 6) is -2.45. The number of thiophene rings is 1. The third kappa shape index (κ3) is 4.14. The van der Waals surface area contributed by atoms with Crippen LogP contribution in [-0.2, 0) is 0 Å². The number of piperidine rings is 1. The molecule has 0 bridgehead atoms. The largest absolute Gasteiger partial charge is 0.322 e. The van der Waals surface area contributed by atoms with Crippen LogP contribution in [0.5, 0.6) is 0 Å². The predicted molar refractivity (Wildman–Crippen MR) is 123 cm³/mol. The zero-order valence-electron chi connectivity index (χ0n) is 17.2. The fraction of sp³-hybridized carbons (Fsp3) is 0.320. The van der Waals surface area contributed by atoms with Crippen molar-refractivity contribution in [3.05, 3.63) is 70.6 Å². The number of carbonyl (C=O) groups excluding carboxylic acids is 1. The summed E-state index contributed by atoms with van der Waals surface area (Å²) >= 11 is 1.71. The highest BCUT2D eigenvalue weighted by molar-refractivity contribution is 7.17. The third-order valence-electron chi connectivity index (χ3n) is 6.43. The molecule has 1 fully saturated rings. The van der Waals surface area contributed by atoms with Gasteiger partial charge in [-0.15, -0.1) is 11.3 Å². The zero-order chi connectivity index (χ0) is 21.4. The average molecular weight is 439 g/mol. The van der Waals surface area contributed by atoms with Gasteiger partial charge in [-0.25, -0.2) is 8.78 Å². The van der Waals surface area contributed by atoms with E-state index in [2.05, 4.69) is 21.7 Å². The second kappa shape index (κ2) is 8.52. The fourth-order valence-corrected chi connectivity index (χ4v) is 5.69. The first-order chi connectivity index (χ1) is 15.1. The number of nitrogens with zero attached hydrogens (tertiary/aromatic N) is 1. The number of allylic oxidation sites excluding steroid dienone is 1. The second-order valence-corrected chi connectivity index (χ2v) is 9.27. The third-order valence-corrected chi connectivity index (χ3v) is 7.39. The van der Waals surface area contributed by atoms with Crippen molar-refractivity contribution in [3.63, 3.8) is 0 Å². The maximum Gasteiger partial charge on any atom is 0.255 e. The van der Waals surface area contributed by atoms with Gasteiger partial charge in [0.1, 0.15) is 0 Å². The van der Waals surface area contributed by atoms with Gasteiger partial charge in [-0.2, -0.15) is 0 Å². The van der Waals surface area contributed by atoms with Gasteiger partial charge in [-0.1, -0.05) is 12.5 Å². The standard InChI is InChI=1S/C25H24F2N2OS/c26-22-8-5-17(13-23(22)27)25(30)28-18-6-9-24-20(14-18)21(15-31-24)16-4-7-19-3-1-2-11-29(19)12-10-16/h5-6,8-10,13-15,19H,1-4,7,11-12H2,(H,28,30). The smallest absolute Gasteiger partial charge is 0.255 e. The Labute approximate surface area is 184 Å². The number of carbonyl (C=O) groups is 1. The molecule has 5 rings (SSSR count). The molecule has 2 aromatic carbocycles. The lowest BCUT2D eigenvalue weighted by Crippen LogP contribution is -2.38. The van der Waals surface area contributed by atoms with Crippen LogP contribution in [0.1, 0.15) is 48.0 Å². The molecule has 6 heteroatoms. The lowest BCUT2D eigenvalue weighted by molar-refractivity contribution is 0.102. The molecule has 0 aliphatic carbocycles. The number of rotatable bonds is 3. The summed E-state index contributed by atoms with van der Waals surface area (Å²) in [6.07, 6.45) is 8.56. The number of amides is 1. The molecule has 1 N–H and O–H groups in total. The van der Waals surface area contributed by atoms with Crippen molar-refractivity contribution in [3.8, 4) is 0 Å². The molecule has 0 spiro atoms. The molecule has 1 unspecified atom stereocenters. The molecule has 1 atom stereocenters. The summed E-state index contributed by atoms with van der Waals surface area (Å²) in [6.45, 7) is 2.20. The van der Waals surface area contributed by atoms with E-state index < -0.39 is 17.5 Å². The lowest BCUT2D eigenvalue weighted by atomic mass is 9.95. The van der Waals surface area contributed by atoms with Crippen molar-refractivity contribution >= 4 is 38.6 Å². The van der Waals surface area contributed by atoms with Crippen molar-refractivity contribution in [1.29, 1.82) is 0 Å². The molecule has 2 aliphatic rings. The Kier molecular flexibility index (Phi) is 5.59. The minimum absolute atomic E-state index is 0.0904. The van der Waals surface area contributed by atoms with Crippen molar-refractivity contribution in [1.82, 2.24) is 4.90 Å². The molecule has 31 heavy (non-hydrogen) atoms. The first-order valence-corrected chi connectivity index (χ1v) is 11.7. The Hall–Kier alpha value is -2.57. The van der Waals surface area contributed by atoms with Gasteiger partial charge in [0.2, 0.25) is 0 Å². The van der Waals surface area contributed by atoms with Crippen LogP contribution in [-0.4, -0.2) is 29.9 Å². The summed E-state index contributed by atoms with van der Waals surface area (Å²) in [5.41, 5.74) is 3.36. The normalized spacial score (nSPS) is 19.5. The van der Waals surface area contributed by atoms with E-state index in [0.717, 1.165) is 30.5 Å². The quantitative estimate of drug-likeness (QED) is 0.509. The molecule has 1 aromatic heterocycles. The van der Waals surface area contributed by atoms with Crippen molar-refractivity contribution in [2.75, 3.05) is 18.4 Å². The molecule has 3 aromatic rings. The van der Waals surface area contributed by atoms with E-state index in [1.807, 2.05) is 18.2 Å². The molecule has 3 heterocycles. The van der Waals surface area contributed by atoms with Crippen molar-refractivity contribution in [2.45, 2.75) is 38.1 Å². The Bertz CT molecular complexity index is 1170. The Morgan fingerprint density at radius 1 is 1.06 bits per heavy atom. The van der Waals surface area contributed by atoms with Gasteiger partial charge in [0.25, 0.3) is 5.91 Å². The highest BCUT2D eigenvalue weighted by atomic mass is 32.1. The maximum absolute atomic E-state index is 13.5. The summed E-state index contributed by atoms with van der Waals surface area (Å²) in [4.78, 5) is 15.1. The fourth-order valence-electron chi connectivity index (χ4n) is 4.72. The first kappa shape index (κ1) is 20.3. The van der Waals surface area contributed by atoms with Crippen LogP contribution in [0.3, 0.4) is 0 Å². The molecule has 0 saturated carbocycles. The monoisotopic (exact) mass is 438 g/mol. The average Bonchev–Trinajstić information content (AvgIpc) is 3.07. The molecule has 0 radical (unpaired) electrons. The van der Waals surface area contributed by atoms with Crippen molar-refractivity contribution < 1.29 is 13.6 Å². The zero-order valence-corrected chi connectivity index (χ0v) is 18.0. The Morgan fingerprint density at radius 2 is 1.97 bits per heavy atom. The number of hydrogen-bond acceptors (Lipinski definition) is 3. The van der Waals surface area contributed by atoms with E-state index in [4.69, 9.17) is 0 Å². The molecule has 3 nitrogen and oxygen atoms in total. The van der Waals surface area contributed by atoms with Gasteiger partial charge >= 0.3 is 0 Å². The lowest BCUT2D eigenvalue weighted by Gasteiger charge is -2.33. The summed E-state index contributed by atoms with van der Waals surface area (Å²) in [6, 6.07) is 9.71. The van der Waals surface area contributed by atoms with Crippen LogP contribution in [0.25, 0.3) is 15.7 Å². The van der Waals surface area contributed by atoms with E-state index in [1.54, 1.807) is 11.3 Å². The SMILES string of the molecule is O=C(Nc1ccc2scc(C3=CCN4CCCCC4CC3)c2c1)c1ccc(F)c(F)c1. The van der Waals surface area contributed by atoms with E-state index in [9.17, 15) is 13.6 Å². The van der Waals surface area contributed by atoms with E-state index >= 15 is 0 Å². The Balaban J connectivity index is 1.40. The minimum atomic E-state index is -1.03. The van der Waals surface area contributed by atoms with Gasteiger partial charge in [0.05, 0.1) is 0 Å². The van der Waals surface area contributed by atoms with Crippen LogP contribution in [0, 0.1) is 11.6 Å². The number of benzene rings is 2. The van der Waals surface area contributed by atoms with E-state index in [0.29, 0.717) is 11.7 Å². The summed E-state index contributed by atoms with van der Waals surface area (Å²) in [5, 5.41) is 6.15. The summed E-state index contributed by atoms with van der Waals surface area (Å²) in [7, 11) is 0. The first-order valence-electron chi connectivity index (χ1n) is 10.8. The van der Waals surface area contributed by atoms with Gasteiger partial charge < -0.3 is 5.32 Å². The Morgan fingerprint density at radius 3 is 2.84 bits per heavy atom. The van der Waals surface area contributed by atoms with E-state index in [-0.39, 0.29) is 5.56 Å². The number of nitrogens with one attached hydrogen (secondary N) is 1. The maximum atomic E-state index is 13.5. The minimum Gasteiger partial charge on any atom is -0.322 e. The number of halogens is 2. The van der Waals surface area contributed by atoms with Gasteiger partial charge in [0.15, 0.2) is 11.6 Å². The van der Waals surface area contributed by atoms with Gasteiger partial charge in [-0.05, 0) is 85.1 Å². The van der Waals surface area contributed by atoms with Gasteiger partial charge in [-0.3, -0.25) is 9.69 Å². The number of hydrogen-bond donors (Lipinski definition) is 1. The van der Waals surface area contributed by atoms with E-state index in [1.165, 1.54) is 54.1 Å². The molecular formula is C25H24F2N2OS. The van der Waals surface area contributed by atoms with Gasteiger partial charge in [0, 0.05) is 33.9 Å². The highest BCUT2D eigenvalue weighted by Gasteiger charge is 2.24. The van der Waals surface area contributed by atoms with Crippen LogP contribution >= 0.6 is 11.3 Å². The van der Waals surface area contributed by atoms with Crippen LogP contribution in [0.2, 0.25) is 0 Å². The topological polar surface area (TPSA) is 32.3 Å². The molecule has 2 aliphatic heterocycles. The number of anilines is 1. The van der Waals surface area contributed by atoms with Crippen LogP contribution < -0.4 is 5.32 Å². The highest BCUT2D eigenvalue weighted by Crippen LogP contribution is 2.37. The van der Waals surface area contributed by atoms with Crippen molar-refractivity contribution in [2.24, 2.45) is 0 Å². The second-order valence-electron chi connectivity index (χ2n) is 8.36. The molecule has 160 valence electrons. The summed E-state index contributed by atoms with van der Waals surface area (Å²) < 4.78 is 27.8.